The summed E-state index contributed by atoms with van der Waals surface area (Å²) in [5.41, 5.74) is 1.60. The fraction of sp³-hybridized carbons (Fsp3) is 0.217. The molecule has 29 heavy (non-hydrogen) atoms. The number of carbonyl (C=O) groups is 1. The van der Waals surface area contributed by atoms with E-state index < -0.39 is 0 Å². The minimum Gasteiger partial charge on any atom is -0.484 e. The zero-order valence-electron chi connectivity index (χ0n) is 16.3. The van der Waals surface area contributed by atoms with Crippen LogP contribution in [0.3, 0.4) is 0 Å². The summed E-state index contributed by atoms with van der Waals surface area (Å²) in [5.74, 6) is 0.997. The van der Waals surface area contributed by atoms with Gasteiger partial charge in [0, 0.05) is 25.8 Å². The van der Waals surface area contributed by atoms with Crippen molar-refractivity contribution in [2.24, 2.45) is 0 Å². The first-order chi connectivity index (χ1) is 14.2. The first kappa shape index (κ1) is 20.0. The lowest BCUT2D eigenvalue weighted by Gasteiger charge is -2.19. The van der Waals surface area contributed by atoms with Crippen molar-refractivity contribution in [2.75, 3.05) is 25.0 Å². The highest BCUT2D eigenvalue weighted by atomic mass is 16.5. The monoisotopic (exact) mass is 389 g/mol. The Hall–Kier alpha value is -3.72. The zero-order chi connectivity index (χ0) is 20.5. The van der Waals surface area contributed by atoms with Crippen molar-refractivity contribution in [1.29, 1.82) is 5.26 Å². The molecule has 0 aliphatic heterocycles. The average Bonchev–Trinajstić information content (AvgIpc) is 3.25. The van der Waals surface area contributed by atoms with Gasteiger partial charge in [-0.3, -0.25) is 4.79 Å². The highest BCUT2D eigenvalue weighted by Crippen LogP contribution is 2.19. The van der Waals surface area contributed by atoms with Crippen LogP contribution in [0.25, 0.3) is 0 Å². The molecule has 6 nitrogen and oxygen atoms in total. The second-order valence-corrected chi connectivity index (χ2v) is 6.53. The number of furan rings is 1. The maximum Gasteiger partial charge on any atom is 0.286 e. The van der Waals surface area contributed by atoms with E-state index in [1.807, 2.05) is 25.2 Å². The molecule has 0 aliphatic carbocycles. The molecule has 2 aromatic carbocycles. The number of ether oxygens (including phenoxy) is 1. The highest BCUT2D eigenvalue weighted by molar-refractivity contribution is 5.91. The van der Waals surface area contributed by atoms with Gasteiger partial charge in [-0.05, 0) is 42.8 Å². The number of para-hydroxylation sites is 2. The number of rotatable bonds is 9. The molecule has 1 heterocycles. The van der Waals surface area contributed by atoms with E-state index in [1.54, 1.807) is 36.4 Å². The van der Waals surface area contributed by atoms with Crippen LogP contribution >= 0.6 is 0 Å². The van der Waals surface area contributed by atoms with Gasteiger partial charge in [-0.15, -0.1) is 0 Å². The zero-order valence-corrected chi connectivity index (χ0v) is 16.3. The van der Waals surface area contributed by atoms with E-state index in [4.69, 9.17) is 14.4 Å². The molecule has 3 aromatic rings. The molecule has 1 aromatic heterocycles. The normalized spacial score (nSPS) is 10.2. The lowest BCUT2D eigenvalue weighted by Crippen LogP contribution is -2.27. The van der Waals surface area contributed by atoms with Gasteiger partial charge in [-0.2, -0.15) is 5.26 Å². The summed E-state index contributed by atoms with van der Waals surface area (Å²) in [4.78, 5) is 14.4. The van der Waals surface area contributed by atoms with Crippen molar-refractivity contribution in [3.8, 4) is 11.8 Å². The third-order valence-corrected chi connectivity index (χ3v) is 4.42. The lowest BCUT2D eigenvalue weighted by molar-refractivity contribution is 0.0921. The van der Waals surface area contributed by atoms with E-state index in [0.717, 1.165) is 18.7 Å². The van der Waals surface area contributed by atoms with Crippen molar-refractivity contribution < 1.29 is 13.9 Å². The van der Waals surface area contributed by atoms with Crippen LogP contribution in [-0.2, 0) is 6.61 Å². The van der Waals surface area contributed by atoms with Crippen LogP contribution in [0, 0.1) is 11.3 Å². The SMILES string of the molecule is CN(CCCNC(=O)c1ccc(COc2ccccc2C#N)o1)c1ccccc1. The van der Waals surface area contributed by atoms with Gasteiger partial charge < -0.3 is 19.4 Å². The molecule has 0 spiro atoms. The number of anilines is 1. The standard InChI is InChI=1S/C23H23N3O3/c1-26(19-9-3-2-4-10-19)15-7-14-25-23(27)22-13-12-20(29-22)17-28-21-11-6-5-8-18(21)16-24/h2-6,8-13H,7,14-15,17H2,1H3,(H,25,27). The van der Waals surface area contributed by atoms with Crippen molar-refractivity contribution in [1.82, 2.24) is 5.32 Å². The second kappa shape index (κ2) is 10.00. The minimum absolute atomic E-state index is 0.147. The Labute approximate surface area is 170 Å². The molecule has 1 amide bonds. The van der Waals surface area contributed by atoms with Crippen LogP contribution in [0.2, 0.25) is 0 Å². The highest BCUT2D eigenvalue weighted by Gasteiger charge is 2.12. The van der Waals surface area contributed by atoms with Crippen molar-refractivity contribution in [3.05, 3.63) is 83.8 Å². The molecule has 0 radical (unpaired) electrons. The molecule has 0 unspecified atom stereocenters. The van der Waals surface area contributed by atoms with E-state index >= 15 is 0 Å². The number of benzene rings is 2. The van der Waals surface area contributed by atoms with Crippen LogP contribution in [0.1, 0.15) is 28.3 Å². The Morgan fingerprint density at radius 2 is 1.86 bits per heavy atom. The third-order valence-electron chi connectivity index (χ3n) is 4.42. The summed E-state index contributed by atoms with van der Waals surface area (Å²) < 4.78 is 11.2. The molecule has 1 N–H and O–H groups in total. The van der Waals surface area contributed by atoms with E-state index in [9.17, 15) is 4.79 Å². The van der Waals surface area contributed by atoms with Gasteiger partial charge in [0.25, 0.3) is 5.91 Å². The molecular formula is C23H23N3O3. The molecular weight excluding hydrogens is 366 g/mol. The fourth-order valence-corrected chi connectivity index (χ4v) is 2.83. The maximum absolute atomic E-state index is 12.2. The number of hydrogen-bond acceptors (Lipinski definition) is 5. The lowest BCUT2D eigenvalue weighted by atomic mass is 10.2. The topological polar surface area (TPSA) is 78.5 Å². The summed E-state index contributed by atoms with van der Waals surface area (Å²) in [6.07, 6.45) is 0.818. The van der Waals surface area contributed by atoms with Gasteiger partial charge in [-0.1, -0.05) is 30.3 Å². The Morgan fingerprint density at radius 1 is 1.10 bits per heavy atom. The maximum atomic E-state index is 12.2. The van der Waals surface area contributed by atoms with Crippen molar-refractivity contribution in [3.63, 3.8) is 0 Å². The Kier molecular flexibility index (Phi) is 6.90. The molecule has 6 heteroatoms. The number of carbonyl (C=O) groups excluding carboxylic acids is 1. The van der Waals surface area contributed by atoms with Gasteiger partial charge in [-0.25, -0.2) is 0 Å². The summed E-state index contributed by atoms with van der Waals surface area (Å²) in [6.45, 7) is 1.53. The van der Waals surface area contributed by atoms with E-state index in [0.29, 0.717) is 23.6 Å². The molecule has 148 valence electrons. The molecule has 0 saturated carbocycles. The quantitative estimate of drug-likeness (QED) is 0.560. The number of nitrogens with zero attached hydrogens (tertiary/aromatic N) is 2. The van der Waals surface area contributed by atoms with Gasteiger partial charge >= 0.3 is 0 Å². The average molecular weight is 389 g/mol. The van der Waals surface area contributed by atoms with Crippen LogP contribution in [0.15, 0.2) is 71.1 Å². The summed E-state index contributed by atoms with van der Waals surface area (Å²) in [5, 5.41) is 12.0. The van der Waals surface area contributed by atoms with E-state index in [1.165, 1.54) is 0 Å². The Bertz CT molecular complexity index is 976. The van der Waals surface area contributed by atoms with Gasteiger partial charge in [0.1, 0.15) is 24.2 Å². The number of nitriles is 1. The molecule has 0 fully saturated rings. The summed E-state index contributed by atoms with van der Waals surface area (Å²) in [6, 6.07) is 22.5. The van der Waals surface area contributed by atoms with E-state index in [2.05, 4.69) is 28.4 Å². The Morgan fingerprint density at radius 3 is 2.66 bits per heavy atom. The van der Waals surface area contributed by atoms with Crippen LogP contribution in [0.5, 0.6) is 5.75 Å². The van der Waals surface area contributed by atoms with Gasteiger partial charge in [0.2, 0.25) is 0 Å². The summed E-state index contributed by atoms with van der Waals surface area (Å²) in [7, 11) is 2.03. The smallest absolute Gasteiger partial charge is 0.286 e. The second-order valence-electron chi connectivity index (χ2n) is 6.53. The molecule has 3 rings (SSSR count). The van der Waals surface area contributed by atoms with Crippen LogP contribution in [-0.4, -0.2) is 26.0 Å². The predicted octanol–water partition coefficient (Wildman–Crippen LogP) is 3.99. The Balaban J connectivity index is 1.43. The fourth-order valence-electron chi connectivity index (χ4n) is 2.83. The largest absolute Gasteiger partial charge is 0.484 e. The van der Waals surface area contributed by atoms with E-state index in [-0.39, 0.29) is 18.3 Å². The van der Waals surface area contributed by atoms with Crippen LogP contribution in [0.4, 0.5) is 5.69 Å². The number of nitrogens with one attached hydrogen (secondary N) is 1. The molecule has 0 aliphatic rings. The van der Waals surface area contributed by atoms with Crippen LogP contribution < -0.4 is 15.0 Å². The minimum atomic E-state index is -0.254. The predicted molar refractivity (Wildman–Crippen MR) is 111 cm³/mol. The van der Waals surface area contributed by atoms with Gasteiger partial charge in [0.05, 0.1) is 5.56 Å². The van der Waals surface area contributed by atoms with Crippen molar-refractivity contribution in [2.45, 2.75) is 13.0 Å². The third kappa shape index (κ3) is 5.63. The summed E-state index contributed by atoms with van der Waals surface area (Å²) >= 11 is 0. The first-order valence-corrected chi connectivity index (χ1v) is 9.42. The molecule has 0 saturated heterocycles. The van der Waals surface area contributed by atoms with Gasteiger partial charge in [0.15, 0.2) is 5.76 Å². The number of amides is 1. The molecule has 0 bridgehead atoms. The molecule has 0 atom stereocenters. The van der Waals surface area contributed by atoms with Crippen molar-refractivity contribution >= 4 is 11.6 Å². The number of hydrogen-bond donors (Lipinski definition) is 1. The first-order valence-electron chi connectivity index (χ1n) is 9.42.